The summed E-state index contributed by atoms with van der Waals surface area (Å²) in [6.07, 6.45) is 0. The maximum atomic E-state index is 12.3. The van der Waals surface area contributed by atoms with E-state index in [4.69, 9.17) is 4.74 Å². The van der Waals surface area contributed by atoms with E-state index in [1.165, 1.54) is 4.90 Å². The van der Waals surface area contributed by atoms with Gasteiger partial charge in [-0.2, -0.15) is 0 Å². The second-order valence-electron chi connectivity index (χ2n) is 6.42. The van der Waals surface area contributed by atoms with Gasteiger partial charge in [0.05, 0.1) is 12.2 Å². The Bertz CT molecular complexity index is 831. The molecule has 0 fully saturated rings. The monoisotopic (exact) mass is 367 g/mol. The van der Waals surface area contributed by atoms with Crippen LogP contribution in [0.4, 0.5) is 11.4 Å². The van der Waals surface area contributed by atoms with Gasteiger partial charge in [0, 0.05) is 25.3 Å². The molecule has 27 heavy (non-hydrogen) atoms. The highest BCUT2D eigenvalue weighted by molar-refractivity contribution is 5.96. The molecule has 0 aliphatic rings. The van der Waals surface area contributed by atoms with E-state index in [1.807, 2.05) is 25.1 Å². The summed E-state index contributed by atoms with van der Waals surface area (Å²) >= 11 is 0. The molecule has 0 aliphatic heterocycles. The van der Waals surface area contributed by atoms with Gasteiger partial charge in [0.25, 0.3) is 5.91 Å². The molecule has 0 aromatic heterocycles. The van der Waals surface area contributed by atoms with Crippen LogP contribution >= 0.6 is 0 Å². The van der Waals surface area contributed by atoms with Crippen LogP contribution in [0.3, 0.4) is 0 Å². The molecule has 2 amide bonds. The predicted octanol–water partition coefficient (Wildman–Crippen LogP) is 3.39. The summed E-state index contributed by atoms with van der Waals surface area (Å²) < 4.78 is 5.65. The first-order valence-corrected chi connectivity index (χ1v) is 8.58. The molecule has 0 saturated heterocycles. The number of rotatable bonds is 8. The maximum absolute atomic E-state index is 12.3. The van der Waals surface area contributed by atoms with Crippen molar-refractivity contribution < 1.29 is 14.3 Å². The average molecular weight is 367 g/mol. The third-order valence-electron chi connectivity index (χ3n) is 3.60. The first-order valence-electron chi connectivity index (χ1n) is 8.58. The second kappa shape index (κ2) is 9.43. The average Bonchev–Trinajstić information content (AvgIpc) is 2.65. The molecule has 6 nitrogen and oxygen atoms in total. The zero-order valence-corrected chi connectivity index (χ0v) is 15.9. The van der Waals surface area contributed by atoms with Gasteiger partial charge < -0.3 is 20.3 Å². The van der Waals surface area contributed by atoms with Crippen LogP contribution in [0.25, 0.3) is 0 Å². The molecule has 0 radical (unpaired) electrons. The van der Waals surface area contributed by atoms with Gasteiger partial charge in [-0.3, -0.25) is 9.59 Å². The van der Waals surface area contributed by atoms with Crippen molar-refractivity contribution in [2.45, 2.75) is 6.92 Å². The van der Waals surface area contributed by atoms with Crippen molar-refractivity contribution in [3.8, 4) is 5.75 Å². The molecule has 0 saturated carbocycles. The number of ether oxygens (including phenoxy) is 1. The van der Waals surface area contributed by atoms with E-state index in [1.54, 1.807) is 44.4 Å². The van der Waals surface area contributed by atoms with Crippen molar-refractivity contribution in [3.63, 3.8) is 0 Å². The normalized spacial score (nSPS) is 10.0. The molecule has 2 N–H and O–H groups in total. The molecule has 0 bridgehead atoms. The zero-order chi connectivity index (χ0) is 19.8. The number of hydrogen-bond donors (Lipinski definition) is 2. The van der Waals surface area contributed by atoms with Crippen molar-refractivity contribution in [1.29, 1.82) is 0 Å². The molecular formula is C21H25N3O3. The number of nitrogens with one attached hydrogen (secondary N) is 2. The van der Waals surface area contributed by atoms with Crippen LogP contribution in [0.5, 0.6) is 5.75 Å². The number of benzene rings is 2. The number of amides is 2. The standard InChI is InChI=1S/C21H25N3O3/c1-15(2)14-27-19-11-6-5-10-18(19)23-20(25)13-22-17-9-7-8-16(12-17)21(26)24(3)4/h5-12,22H,1,13-14H2,2-4H3,(H,23,25). The first kappa shape index (κ1) is 20.0. The first-order chi connectivity index (χ1) is 12.9. The molecule has 0 heterocycles. The van der Waals surface area contributed by atoms with Crippen LogP contribution in [0, 0.1) is 0 Å². The number of para-hydroxylation sites is 2. The van der Waals surface area contributed by atoms with Gasteiger partial charge >= 0.3 is 0 Å². The fourth-order valence-electron chi connectivity index (χ4n) is 2.29. The molecule has 0 aliphatic carbocycles. The summed E-state index contributed by atoms with van der Waals surface area (Å²) in [4.78, 5) is 25.8. The fourth-order valence-corrected chi connectivity index (χ4v) is 2.29. The topological polar surface area (TPSA) is 70.7 Å². The van der Waals surface area contributed by atoms with Crippen LogP contribution in [0.1, 0.15) is 17.3 Å². The Morgan fingerprint density at radius 3 is 2.56 bits per heavy atom. The van der Waals surface area contributed by atoms with Gasteiger partial charge in [-0.05, 0) is 42.8 Å². The summed E-state index contributed by atoms with van der Waals surface area (Å²) in [5, 5.41) is 5.86. The summed E-state index contributed by atoms with van der Waals surface area (Å²) in [6, 6.07) is 14.3. The maximum Gasteiger partial charge on any atom is 0.253 e. The third kappa shape index (κ3) is 6.18. The Kier molecular flexibility index (Phi) is 7.00. The lowest BCUT2D eigenvalue weighted by Gasteiger charge is -2.14. The van der Waals surface area contributed by atoms with Crippen molar-refractivity contribution in [2.24, 2.45) is 0 Å². The summed E-state index contributed by atoms with van der Waals surface area (Å²) in [5.41, 5.74) is 2.75. The molecule has 0 atom stereocenters. The number of hydrogen-bond acceptors (Lipinski definition) is 4. The molecule has 0 unspecified atom stereocenters. The molecule has 6 heteroatoms. The molecule has 142 valence electrons. The van der Waals surface area contributed by atoms with E-state index in [0.29, 0.717) is 29.3 Å². The van der Waals surface area contributed by atoms with E-state index in [-0.39, 0.29) is 18.4 Å². The van der Waals surface area contributed by atoms with Crippen molar-refractivity contribution in [1.82, 2.24) is 4.90 Å². The smallest absolute Gasteiger partial charge is 0.253 e. The lowest BCUT2D eigenvalue weighted by atomic mass is 10.2. The summed E-state index contributed by atoms with van der Waals surface area (Å²) in [7, 11) is 3.40. The Morgan fingerprint density at radius 1 is 1.11 bits per heavy atom. The fraction of sp³-hybridized carbons (Fsp3) is 0.238. The third-order valence-corrected chi connectivity index (χ3v) is 3.60. The van der Waals surface area contributed by atoms with Crippen molar-refractivity contribution >= 4 is 23.2 Å². The van der Waals surface area contributed by atoms with Crippen molar-refractivity contribution in [3.05, 3.63) is 66.2 Å². The largest absolute Gasteiger partial charge is 0.487 e. The van der Waals surface area contributed by atoms with Crippen LogP contribution in [-0.2, 0) is 4.79 Å². The zero-order valence-electron chi connectivity index (χ0n) is 15.9. The van der Waals surface area contributed by atoms with E-state index in [0.717, 1.165) is 5.57 Å². The highest BCUT2D eigenvalue weighted by Gasteiger charge is 2.10. The quantitative estimate of drug-likeness (QED) is 0.702. The molecule has 2 rings (SSSR count). The lowest BCUT2D eigenvalue weighted by Crippen LogP contribution is -2.23. The van der Waals surface area contributed by atoms with Gasteiger partial charge in [0.15, 0.2) is 0 Å². The Balaban J connectivity index is 1.96. The SMILES string of the molecule is C=C(C)COc1ccccc1NC(=O)CNc1cccc(C(=O)N(C)C)c1. The van der Waals surface area contributed by atoms with Crippen molar-refractivity contribution in [2.75, 3.05) is 37.9 Å². The highest BCUT2D eigenvalue weighted by Crippen LogP contribution is 2.24. The second-order valence-corrected chi connectivity index (χ2v) is 6.42. The van der Waals surface area contributed by atoms with Crippen LogP contribution in [0.15, 0.2) is 60.7 Å². The lowest BCUT2D eigenvalue weighted by molar-refractivity contribution is -0.114. The predicted molar refractivity (Wildman–Crippen MR) is 108 cm³/mol. The Morgan fingerprint density at radius 2 is 1.85 bits per heavy atom. The summed E-state index contributed by atoms with van der Waals surface area (Å²) in [6.45, 7) is 6.13. The minimum Gasteiger partial charge on any atom is -0.487 e. The van der Waals surface area contributed by atoms with E-state index >= 15 is 0 Å². The molecule has 0 spiro atoms. The van der Waals surface area contributed by atoms with Crippen LogP contribution in [-0.4, -0.2) is 44.0 Å². The minimum atomic E-state index is -0.217. The number of carbonyl (C=O) groups is 2. The Hall–Kier alpha value is -3.28. The number of nitrogens with zero attached hydrogens (tertiary/aromatic N) is 1. The number of carbonyl (C=O) groups excluding carboxylic acids is 2. The van der Waals surface area contributed by atoms with Gasteiger partial charge in [-0.15, -0.1) is 0 Å². The molecule has 2 aromatic rings. The van der Waals surface area contributed by atoms with Gasteiger partial charge in [-0.1, -0.05) is 24.8 Å². The highest BCUT2D eigenvalue weighted by atomic mass is 16.5. The van der Waals surface area contributed by atoms with Gasteiger partial charge in [-0.25, -0.2) is 0 Å². The van der Waals surface area contributed by atoms with Crippen LogP contribution < -0.4 is 15.4 Å². The Labute approximate surface area is 159 Å². The summed E-state index contributed by atoms with van der Waals surface area (Å²) in [5.74, 6) is 0.282. The van der Waals surface area contributed by atoms with E-state index < -0.39 is 0 Å². The molecular weight excluding hydrogens is 342 g/mol. The van der Waals surface area contributed by atoms with Gasteiger partial charge in [0.1, 0.15) is 12.4 Å². The molecule has 2 aromatic carbocycles. The van der Waals surface area contributed by atoms with E-state index in [2.05, 4.69) is 17.2 Å². The minimum absolute atomic E-state index is 0.0639. The van der Waals surface area contributed by atoms with Crippen LogP contribution in [0.2, 0.25) is 0 Å². The van der Waals surface area contributed by atoms with Gasteiger partial charge in [0.2, 0.25) is 5.91 Å². The van der Waals surface area contributed by atoms with E-state index in [9.17, 15) is 9.59 Å². The number of anilines is 2.